The molecule has 2 aromatic rings. The molecule has 1 N–H and O–H groups in total. The van der Waals surface area contributed by atoms with Crippen LogP contribution in [0.3, 0.4) is 0 Å². The van der Waals surface area contributed by atoms with Crippen molar-refractivity contribution in [1.29, 1.82) is 0 Å². The van der Waals surface area contributed by atoms with Gasteiger partial charge in [-0.25, -0.2) is 4.79 Å². The van der Waals surface area contributed by atoms with Gasteiger partial charge in [0.1, 0.15) is 11.7 Å². The second-order valence-electron chi connectivity index (χ2n) is 5.63. The van der Waals surface area contributed by atoms with E-state index in [0.717, 1.165) is 0 Å². The fraction of sp³-hybridized carbons (Fsp3) is 0.250. The van der Waals surface area contributed by atoms with Crippen molar-refractivity contribution in [3.63, 3.8) is 0 Å². The first kappa shape index (κ1) is 21.2. The Hall–Kier alpha value is -3.06. The zero-order valence-corrected chi connectivity index (χ0v) is 16.4. The number of rotatable bonds is 7. The summed E-state index contributed by atoms with van der Waals surface area (Å²) in [6, 6.07) is 10.8. The lowest BCUT2D eigenvalue weighted by atomic mass is 9.90. The fourth-order valence-corrected chi connectivity index (χ4v) is 2.75. The standard InChI is InChI=1S/C20H20ClNO6/c1-4-28-20(25)22-16-11-13(21)7-10-15(16)18(23)17(19(24)27-3)12-5-8-14(26-2)9-6-12/h5-11,17H,4H2,1-3H3,(H,22,25). The Labute approximate surface area is 167 Å². The van der Waals surface area contributed by atoms with Gasteiger partial charge in [-0.2, -0.15) is 0 Å². The summed E-state index contributed by atoms with van der Waals surface area (Å²) < 4.78 is 14.8. The Morgan fingerprint density at radius 2 is 1.75 bits per heavy atom. The maximum atomic E-state index is 13.2. The third-order valence-electron chi connectivity index (χ3n) is 3.91. The van der Waals surface area contributed by atoms with Gasteiger partial charge in [-0.15, -0.1) is 0 Å². The second kappa shape index (κ2) is 9.75. The zero-order valence-electron chi connectivity index (χ0n) is 15.7. The predicted molar refractivity (Wildman–Crippen MR) is 104 cm³/mol. The molecule has 0 saturated heterocycles. The Balaban J connectivity index is 2.46. The maximum absolute atomic E-state index is 13.2. The zero-order chi connectivity index (χ0) is 20.7. The van der Waals surface area contributed by atoms with Gasteiger partial charge in [0.15, 0.2) is 5.78 Å². The average molecular weight is 406 g/mol. The van der Waals surface area contributed by atoms with E-state index in [1.165, 1.54) is 32.4 Å². The van der Waals surface area contributed by atoms with Gasteiger partial charge in [0.05, 0.1) is 26.5 Å². The van der Waals surface area contributed by atoms with E-state index < -0.39 is 23.8 Å². The Bertz CT molecular complexity index is 865. The summed E-state index contributed by atoms with van der Waals surface area (Å²) in [4.78, 5) is 37.4. The molecule has 0 aliphatic rings. The molecule has 0 radical (unpaired) electrons. The highest BCUT2D eigenvalue weighted by Crippen LogP contribution is 2.29. The van der Waals surface area contributed by atoms with Crippen molar-refractivity contribution in [2.24, 2.45) is 0 Å². The minimum Gasteiger partial charge on any atom is -0.497 e. The molecule has 0 saturated carbocycles. The van der Waals surface area contributed by atoms with Gasteiger partial charge < -0.3 is 14.2 Å². The van der Waals surface area contributed by atoms with Crippen LogP contribution in [0.25, 0.3) is 0 Å². The topological polar surface area (TPSA) is 90.9 Å². The number of ether oxygens (including phenoxy) is 3. The number of anilines is 1. The first-order valence-corrected chi connectivity index (χ1v) is 8.78. The first-order valence-electron chi connectivity index (χ1n) is 8.40. The summed E-state index contributed by atoms with van der Waals surface area (Å²) in [7, 11) is 2.71. The highest BCUT2D eigenvalue weighted by molar-refractivity contribution is 6.31. The van der Waals surface area contributed by atoms with Crippen LogP contribution >= 0.6 is 11.6 Å². The van der Waals surface area contributed by atoms with Crippen LogP contribution in [0.1, 0.15) is 28.8 Å². The molecule has 0 aliphatic carbocycles. The number of benzene rings is 2. The third-order valence-corrected chi connectivity index (χ3v) is 4.14. The van der Waals surface area contributed by atoms with Crippen molar-refractivity contribution in [3.05, 3.63) is 58.6 Å². The maximum Gasteiger partial charge on any atom is 0.411 e. The van der Waals surface area contributed by atoms with Gasteiger partial charge in [-0.05, 0) is 42.8 Å². The number of carbonyl (C=O) groups is 3. The lowest BCUT2D eigenvalue weighted by molar-refractivity contribution is -0.141. The lowest BCUT2D eigenvalue weighted by Crippen LogP contribution is -2.25. The first-order chi connectivity index (χ1) is 13.4. The number of hydrogen-bond donors (Lipinski definition) is 1. The van der Waals surface area contributed by atoms with Gasteiger partial charge in [0.25, 0.3) is 0 Å². The molecule has 8 heteroatoms. The SMILES string of the molecule is CCOC(=O)Nc1cc(Cl)ccc1C(=O)C(C(=O)OC)c1ccc(OC)cc1. The quantitative estimate of drug-likeness (QED) is 0.424. The van der Waals surface area contributed by atoms with Crippen molar-refractivity contribution >= 4 is 35.1 Å². The smallest absolute Gasteiger partial charge is 0.411 e. The molecule has 148 valence electrons. The van der Waals surface area contributed by atoms with Gasteiger partial charge in [0, 0.05) is 10.6 Å². The normalized spacial score (nSPS) is 11.3. The summed E-state index contributed by atoms with van der Waals surface area (Å²) in [5, 5.41) is 2.78. The van der Waals surface area contributed by atoms with Crippen LogP contribution in [0, 0.1) is 0 Å². The van der Waals surface area contributed by atoms with E-state index in [4.69, 9.17) is 25.8 Å². The molecule has 1 atom stereocenters. The summed E-state index contributed by atoms with van der Waals surface area (Å²) >= 11 is 5.99. The predicted octanol–water partition coefficient (Wildman–Crippen LogP) is 4.06. The van der Waals surface area contributed by atoms with E-state index in [0.29, 0.717) is 16.3 Å². The molecular formula is C20H20ClNO6. The number of nitrogens with one attached hydrogen (secondary N) is 1. The van der Waals surface area contributed by atoms with Crippen LogP contribution in [0.4, 0.5) is 10.5 Å². The van der Waals surface area contributed by atoms with Crippen molar-refractivity contribution in [3.8, 4) is 5.75 Å². The van der Waals surface area contributed by atoms with Crippen LogP contribution in [0.15, 0.2) is 42.5 Å². The van der Waals surface area contributed by atoms with Crippen LogP contribution in [-0.2, 0) is 14.3 Å². The Morgan fingerprint density at radius 1 is 1.07 bits per heavy atom. The van der Waals surface area contributed by atoms with E-state index >= 15 is 0 Å². The van der Waals surface area contributed by atoms with Crippen molar-refractivity contribution in [1.82, 2.24) is 0 Å². The average Bonchev–Trinajstić information content (AvgIpc) is 2.68. The van der Waals surface area contributed by atoms with E-state index in [2.05, 4.69) is 5.32 Å². The number of hydrogen-bond acceptors (Lipinski definition) is 6. The fourth-order valence-electron chi connectivity index (χ4n) is 2.58. The largest absolute Gasteiger partial charge is 0.497 e. The summed E-state index contributed by atoms with van der Waals surface area (Å²) in [6.45, 7) is 1.81. The van der Waals surface area contributed by atoms with Gasteiger partial charge in [0.2, 0.25) is 0 Å². The minimum absolute atomic E-state index is 0.101. The van der Waals surface area contributed by atoms with E-state index in [1.54, 1.807) is 31.2 Å². The van der Waals surface area contributed by atoms with Gasteiger partial charge in [-0.3, -0.25) is 14.9 Å². The Morgan fingerprint density at radius 3 is 2.32 bits per heavy atom. The molecule has 0 aromatic heterocycles. The monoisotopic (exact) mass is 405 g/mol. The number of halogens is 1. The summed E-state index contributed by atoms with van der Waals surface area (Å²) in [5.74, 6) is -1.93. The van der Waals surface area contributed by atoms with E-state index in [1.807, 2.05) is 0 Å². The van der Waals surface area contributed by atoms with Crippen molar-refractivity contribution < 1.29 is 28.6 Å². The molecule has 0 spiro atoms. The third kappa shape index (κ3) is 5.01. The molecule has 2 rings (SSSR count). The van der Waals surface area contributed by atoms with Gasteiger partial charge in [-0.1, -0.05) is 23.7 Å². The molecular weight excluding hydrogens is 386 g/mol. The summed E-state index contributed by atoms with van der Waals surface area (Å²) in [6.07, 6.45) is -0.738. The molecule has 7 nitrogen and oxygen atoms in total. The lowest BCUT2D eigenvalue weighted by Gasteiger charge is -2.17. The van der Waals surface area contributed by atoms with Gasteiger partial charge >= 0.3 is 12.1 Å². The molecule has 0 fully saturated rings. The number of ketones is 1. The second-order valence-corrected chi connectivity index (χ2v) is 6.07. The number of carbonyl (C=O) groups excluding carboxylic acids is 3. The Kier molecular flexibility index (Phi) is 7.40. The van der Waals surface area contributed by atoms with E-state index in [9.17, 15) is 14.4 Å². The molecule has 1 unspecified atom stereocenters. The number of Topliss-reactive ketones (excluding diaryl/α,β-unsaturated/α-hetero) is 1. The highest BCUT2D eigenvalue weighted by Gasteiger charge is 2.32. The summed E-state index contributed by atoms with van der Waals surface area (Å²) in [5.41, 5.74) is 0.664. The molecule has 0 aliphatic heterocycles. The molecule has 0 heterocycles. The van der Waals surface area contributed by atoms with Crippen molar-refractivity contribution in [2.45, 2.75) is 12.8 Å². The van der Waals surface area contributed by atoms with Crippen LogP contribution in [0.2, 0.25) is 5.02 Å². The number of methoxy groups -OCH3 is 2. The van der Waals surface area contributed by atoms with Crippen LogP contribution < -0.4 is 10.1 Å². The van der Waals surface area contributed by atoms with Crippen molar-refractivity contribution in [2.75, 3.05) is 26.1 Å². The molecule has 1 amide bonds. The number of esters is 1. The highest BCUT2D eigenvalue weighted by atomic mass is 35.5. The minimum atomic E-state index is -1.22. The van der Waals surface area contributed by atoms with Crippen LogP contribution in [-0.4, -0.2) is 38.7 Å². The number of amides is 1. The molecule has 28 heavy (non-hydrogen) atoms. The molecule has 2 aromatic carbocycles. The van der Waals surface area contributed by atoms with E-state index in [-0.39, 0.29) is 17.9 Å². The van der Waals surface area contributed by atoms with Crippen LogP contribution in [0.5, 0.6) is 5.75 Å². The molecule has 0 bridgehead atoms.